The molecule has 3 atom stereocenters. The molecule has 0 amide bonds. The van der Waals surface area contributed by atoms with Crippen LogP contribution in [0.4, 0.5) is 0 Å². The van der Waals surface area contributed by atoms with Crippen molar-refractivity contribution in [2.75, 3.05) is 26.2 Å². The highest BCUT2D eigenvalue weighted by Gasteiger charge is 2.42. The Labute approximate surface area is 101 Å². The van der Waals surface area contributed by atoms with Crippen LogP contribution < -0.4 is 5.32 Å². The lowest BCUT2D eigenvalue weighted by molar-refractivity contribution is 0.295. The average Bonchev–Trinajstić information content (AvgIpc) is 2.90. The number of nitrogens with zero attached hydrogens (tertiary/aromatic N) is 1. The maximum Gasteiger partial charge on any atom is 0.0127 e. The molecule has 1 aliphatic carbocycles. The zero-order valence-corrected chi connectivity index (χ0v) is 11.2. The summed E-state index contributed by atoms with van der Waals surface area (Å²) in [5.41, 5.74) is 0. The summed E-state index contributed by atoms with van der Waals surface area (Å²) in [5, 5.41) is 3.61. The Morgan fingerprint density at radius 1 is 1.38 bits per heavy atom. The van der Waals surface area contributed by atoms with E-state index in [0.717, 1.165) is 23.8 Å². The summed E-state index contributed by atoms with van der Waals surface area (Å²) in [6, 6.07) is 0.958. The molecule has 1 saturated heterocycles. The van der Waals surface area contributed by atoms with Crippen LogP contribution in [0.1, 0.15) is 40.0 Å². The van der Waals surface area contributed by atoms with Crippen molar-refractivity contribution in [1.82, 2.24) is 10.2 Å². The molecule has 1 heterocycles. The van der Waals surface area contributed by atoms with Gasteiger partial charge in [0, 0.05) is 12.6 Å². The highest BCUT2D eigenvalue weighted by Crippen LogP contribution is 2.40. The smallest absolute Gasteiger partial charge is 0.0127 e. The molecule has 2 heteroatoms. The molecule has 2 nitrogen and oxygen atoms in total. The topological polar surface area (TPSA) is 15.3 Å². The molecule has 2 fully saturated rings. The minimum absolute atomic E-state index is 0.783. The molecule has 0 spiro atoms. The van der Waals surface area contributed by atoms with Crippen LogP contribution >= 0.6 is 0 Å². The van der Waals surface area contributed by atoms with E-state index in [4.69, 9.17) is 0 Å². The average molecular weight is 224 g/mol. The van der Waals surface area contributed by atoms with Crippen molar-refractivity contribution in [3.63, 3.8) is 0 Å². The maximum atomic E-state index is 3.61. The van der Waals surface area contributed by atoms with Crippen LogP contribution in [0.25, 0.3) is 0 Å². The van der Waals surface area contributed by atoms with Gasteiger partial charge in [-0.3, -0.25) is 4.90 Å². The Kier molecular flexibility index (Phi) is 4.26. The zero-order chi connectivity index (χ0) is 11.5. The predicted octanol–water partition coefficient (Wildman–Crippen LogP) is 2.35. The summed E-state index contributed by atoms with van der Waals surface area (Å²) in [7, 11) is 0. The SMILES string of the molecule is CCC1CC1N1CCC(CNCC(C)C)C1. The van der Waals surface area contributed by atoms with Gasteiger partial charge in [0.05, 0.1) is 0 Å². The summed E-state index contributed by atoms with van der Waals surface area (Å²) in [6.07, 6.45) is 4.28. The quantitative estimate of drug-likeness (QED) is 0.745. The van der Waals surface area contributed by atoms with Crippen LogP contribution in [0.5, 0.6) is 0 Å². The molecule has 3 unspecified atom stereocenters. The van der Waals surface area contributed by atoms with E-state index < -0.39 is 0 Å². The molecular formula is C14H28N2. The van der Waals surface area contributed by atoms with E-state index in [9.17, 15) is 0 Å². The lowest BCUT2D eigenvalue weighted by atomic mass is 10.1. The first-order chi connectivity index (χ1) is 7.70. The Morgan fingerprint density at radius 3 is 2.81 bits per heavy atom. The molecule has 0 aromatic rings. The number of hydrogen-bond donors (Lipinski definition) is 1. The second-order valence-corrected chi connectivity index (χ2v) is 6.17. The second-order valence-electron chi connectivity index (χ2n) is 6.17. The van der Waals surface area contributed by atoms with Gasteiger partial charge in [-0.15, -0.1) is 0 Å². The molecule has 0 aromatic heterocycles. The van der Waals surface area contributed by atoms with E-state index in [2.05, 4.69) is 31.0 Å². The number of hydrogen-bond acceptors (Lipinski definition) is 2. The van der Waals surface area contributed by atoms with E-state index in [1.807, 2.05) is 0 Å². The van der Waals surface area contributed by atoms with Crippen LogP contribution in [-0.4, -0.2) is 37.1 Å². The van der Waals surface area contributed by atoms with Crippen LogP contribution in [0.15, 0.2) is 0 Å². The molecule has 1 aliphatic heterocycles. The molecule has 1 N–H and O–H groups in total. The van der Waals surface area contributed by atoms with Gasteiger partial charge in [-0.2, -0.15) is 0 Å². The van der Waals surface area contributed by atoms with Crippen molar-refractivity contribution >= 4 is 0 Å². The lowest BCUT2D eigenvalue weighted by Crippen LogP contribution is -2.30. The van der Waals surface area contributed by atoms with Gasteiger partial charge >= 0.3 is 0 Å². The van der Waals surface area contributed by atoms with Crippen molar-refractivity contribution < 1.29 is 0 Å². The van der Waals surface area contributed by atoms with Crippen molar-refractivity contribution in [1.29, 1.82) is 0 Å². The molecule has 0 radical (unpaired) electrons. The van der Waals surface area contributed by atoms with Crippen molar-refractivity contribution in [3.8, 4) is 0 Å². The fourth-order valence-corrected chi connectivity index (χ4v) is 3.02. The minimum atomic E-state index is 0.783. The van der Waals surface area contributed by atoms with E-state index in [1.165, 1.54) is 45.4 Å². The fourth-order valence-electron chi connectivity index (χ4n) is 3.02. The van der Waals surface area contributed by atoms with Gasteiger partial charge in [-0.1, -0.05) is 27.2 Å². The van der Waals surface area contributed by atoms with Gasteiger partial charge in [0.2, 0.25) is 0 Å². The summed E-state index contributed by atoms with van der Waals surface area (Å²) in [5.74, 6) is 2.73. The van der Waals surface area contributed by atoms with Gasteiger partial charge in [0.15, 0.2) is 0 Å². The summed E-state index contributed by atoms with van der Waals surface area (Å²) in [4.78, 5) is 2.75. The van der Waals surface area contributed by atoms with Crippen LogP contribution in [0, 0.1) is 17.8 Å². The molecule has 1 saturated carbocycles. The Bertz CT molecular complexity index is 215. The van der Waals surface area contributed by atoms with Crippen molar-refractivity contribution in [2.24, 2.45) is 17.8 Å². The molecule has 94 valence electrons. The van der Waals surface area contributed by atoms with E-state index >= 15 is 0 Å². The third kappa shape index (κ3) is 3.21. The lowest BCUT2D eigenvalue weighted by Gasteiger charge is -2.16. The highest BCUT2D eigenvalue weighted by atomic mass is 15.2. The van der Waals surface area contributed by atoms with Crippen LogP contribution in [0.2, 0.25) is 0 Å². The summed E-state index contributed by atoms with van der Waals surface area (Å²) >= 11 is 0. The third-order valence-electron chi connectivity index (χ3n) is 4.18. The van der Waals surface area contributed by atoms with Crippen molar-refractivity contribution in [2.45, 2.75) is 46.1 Å². The van der Waals surface area contributed by atoms with Crippen molar-refractivity contribution in [3.05, 3.63) is 0 Å². The number of likely N-dealkylation sites (tertiary alicyclic amines) is 1. The third-order valence-corrected chi connectivity index (χ3v) is 4.18. The number of nitrogens with one attached hydrogen (secondary N) is 1. The van der Waals surface area contributed by atoms with Gasteiger partial charge in [0.25, 0.3) is 0 Å². The second kappa shape index (κ2) is 5.50. The minimum Gasteiger partial charge on any atom is -0.316 e. The molecule has 0 aromatic carbocycles. The number of rotatable bonds is 6. The van der Waals surface area contributed by atoms with Gasteiger partial charge < -0.3 is 5.32 Å². The largest absolute Gasteiger partial charge is 0.316 e. The first kappa shape index (κ1) is 12.4. The Hall–Kier alpha value is -0.0800. The highest BCUT2D eigenvalue weighted by molar-refractivity contribution is 4.97. The van der Waals surface area contributed by atoms with E-state index in [0.29, 0.717) is 0 Å². The summed E-state index contributed by atoms with van der Waals surface area (Å²) < 4.78 is 0. The normalized spacial score (nSPS) is 34.9. The fraction of sp³-hybridized carbons (Fsp3) is 1.00. The van der Waals surface area contributed by atoms with Gasteiger partial charge in [-0.05, 0) is 50.2 Å². The maximum absolute atomic E-state index is 3.61. The zero-order valence-electron chi connectivity index (χ0n) is 11.2. The standard InChI is InChI=1S/C14H28N2/c1-4-13-7-14(13)16-6-5-12(10-16)9-15-8-11(2)3/h11-15H,4-10H2,1-3H3. The van der Waals surface area contributed by atoms with E-state index in [1.54, 1.807) is 0 Å². The molecule has 2 aliphatic rings. The van der Waals surface area contributed by atoms with E-state index in [-0.39, 0.29) is 0 Å². The molecular weight excluding hydrogens is 196 g/mol. The Balaban J connectivity index is 1.61. The predicted molar refractivity (Wildman–Crippen MR) is 69.6 cm³/mol. The van der Waals surface area contributed by atoms with Crippen LogP contribution in [-0.2, 0) is 0 Å². The molecule has 0 bridgehead atoms. The first-order valence-electron chi connectivity index (χ1n) is 7.15. The molecule has 2 rings (SSSR count). The summed E-state index contributed by atoms with van der Waals surface area (Å²) in [6.45, 7) is 12.0. The van der Waals surface area contributed by atoms with Crippen LogP contribution in [0.3, 0.4) is 0 Å². The molecule has 16 heavy (non-hydrogen) atoms. The monoisotopic (exact) mass is 224 g/mol. The van der Waals surface area contributed by atoms with Gasteiger partial charge in [-0.25, -0.2) is 0 Å². The first-order valence-corrected chi connectivity index (χ1v) is 7.15. The van der Waals surface area contributed by atoms with Gasteiger partial charge in [0.1, 0.15) is 0 Å². The Morgan fingerprint density at radius 2 is 2.19 bits per heavy atom.